The van der Waals surface area contributed by atoms with Crippen LogP contribution in [0.2, 0.25) is 5.02 Å². The fourth-order valence-electron chi connectivity index (χ4n) is 0.971. The van der Waals surface area contributed by atoms with Crippen molar-refractivity contribution in [2.75, 3.05) is 0 Å². The van der Waals surface area contributed by atoms with Gasteiger partial charge in [-0.2, -0.15) is 0 Å². The molecule has 0 saturated carbocycles. The van der Waals surface area contributed by atoms with Gasteiger partial charge in [0.05, 0.1) is 10.6 Å². The average Bonchev–Trinajstić information content (AvgIpc) is 2.06. The van der Waals surface area contributed by atoms with Crippen LogP contribution in [0.3, 0.4) is 0 Å². The van der Waals surface area contributed by atoms with Gasteiger partial charge in [-0.15, -0.1) is 12.6 Å². The molecule has 0 unspecified atom stereocenters. The Balaban J connectivity index is 2.88. The van der Waals surface area contributed by atoms with E-state index in [4.69, 9.17) is 16.3 Å². The van der Waals surface area contributed by atoms with Crippen LogP contribution in [0.1, 0.15) is 31.1 Å². The Kier molecular flexibility index (Phi) is 3.68. The fraction of sp³-hybridized carbons (Fsp3) is 0.364. The predicted molar refractivity (Wildman–Crippen MR) is 63.9 cm³/mol. The number of rotatable bonds is 1. The molecule has 0 aromatic heterocycles. The zero-order chi connectivity index (χ0) is 11.6. The Bertz CT molecular complexity index is 383. The quantitative estimate of drug-likeness (QED) is 0.604. The minimum absolute atomic E-state index is 0.377. The van der Waals surface area contributed by atoms with Crippen LogP contribution in [0.4, 0.5) is 0 Å². The first-order valence-corrected chi connectivity index (χ1v) is 5.34. The third kappa shape index (κ3) is 3.76. The van der Waals surface area contributed by atoms with E-state index in [0.29, 0.717) is 15.5 Å². The van der Waals surface area contributed by atoms with E-state index < -0.39 is 5.60 Å². The lowest BCUT2D eigenvalue weighted by atomic mass is 10.1. The zero-order valence-corrected chi connectivity index (χ0v) is 10.5. The van der Waals surface area contributed by atoms with Crippen LogP contribution in [0.15, 0.2) is 23.1 Å². The highest BCUT2D eigenvalue weighted by Gasteiger charge is 2.18. The molecule has 4 heteroatoms. The summed E-state index contributed by atoms with van der Waals surface area (Å²) in [4.78, 5) is 12.3. The number of benzene rings is 1. The summed E-state index contributed by atoms with van der Waals surface area (Å²) in [5.41, 5.74) is -0.0591. The van der Waals surface area contributed by atoms with Gasteiger partial charge in [-0.3, -0.25) is 0 Å². The van der Waals surface area contributed by atoms with Gasteiger partial charge in [0.2, 0.25) is 0 Å². The van der Waals surface area contributed by atoms with Crippen molar-refractivity contribution < 1.29 is 9.53 Å². The summed E-state index contributed by atoms with van der Waals surface area (Å²) in [6, 6.07) is 4.87. The van der Waals surface area contributed by atoms with Crippen molar-refractivity contribution in [3.8, 4) is 0 Å². The first kappa shape index (κ1) is 12.4. The second-order valence-electron chi connectivity index (χ2n) is 4.17. The first-order chi connectivity index (χ1) is 6.79. The van der Waals surface area contributed by atoms with Crippen LogP contribution in [-0.2, 0) is 4.74 Å². The van der Waals surface area contributed by atoms with Crippen LogP contribution in [0.25, 0.3) is 0 Å². The molecule has 0 saturated heterocycles. The van der Waals surface area contributed by atoms with Crippen molar-refractivity contribution in [2.45, 2.75) is 31.3 Å². The van der Waals surface area contributed by atoms with E-state index in [2.05, 4.69) is 12.6 Å². The molecule has 0 aliphatic rings. The molecule has 15 heavy (non-hydrogen) atoms. The smallest absolute Gasteiger partial charge is 0.338 e. The first-order valence-electron chi connectivity index (χ1n) is 4.51. The standard InChI is InChI=1S/C11H13ClO2S/c1-11(2,3)14-10(13)7-4-5-9(15)8(12)6-7/h4-6,15H,1-3H3. The normalized spacial score (nSPS) is 11.3. The number of halogens is 1. The lowest BCUT2D eigenvalue weighted by molar-refractivity contribution is 0.00695. The average molecular weight is 245 g/mol. The fourth-order valence-corrected chi connectivity index (χ4v) is 1.29. The molecule has 82 valence electrons. The molecule has 0 aliphatic heterocycles. The van der Waals surface area contributed by atoms with Gasteiger partial charge in [-0.05, 0) is 39.0 Å². The summed E-state index contributed by atoms with van der Waals surface area (Å²) >= 11 is 9.96. The molecule has 0 aliphatic carbocycles. The number of hydrogen-bond donors (Lipinski definition) is 1. The molecule has 1 aromatic rings. The van der Waals surface area contributed by atoms with Crippen LogP contribution in [0, 0.1) is 0 Å². The van der Waals surface area contributed by atoms with Crippen molar-refractivity contribution in [3.05, 3.63) is 28.8 Å². The van der Waals surface area contributed by atoms with Gasteiger partial charge in [0.25, 0.3) is 0 Å². The second-order valence-corrected chi connectivity index (χ2v) is 5.06. The molecule has 0 amide bonds. The van der Waals surface area contributed by atoms with E-state index in [-0.39, 0.29) is 5.97 Å². The summed E-state index contributed by atoms with van der Waals surface area (Å²) < 4.78 is 5.20. The Morgan fingerprint density at radius 1 is 1.40 bits per heavy atom. The molecule has 0 radical (unpaired) electrons. The Labute approximate surface area is 100.0 Å². The summed E-state index contributed by atoms with van der Waals surface area (Å²) in [6.45, 7) is 5.46. The maximum absolute atomic E-state index is 11.6. The number of thiol groups is 1. The largest absolute Gasteiger partial charge is 0.456 e. The van der Waals surface area contributed by atoms with Gasteiger partial charge in [0, 0.05) is 4.90 Å². The van der Waals surface area contributed by atoms with Gasteiger partial charge >= 0.3 is 5.97 Å². The maximum Gasteiger partial charge on any atom is 0.338 e. The molecular weight excluding hydrogens is 232 g/mol. The lowest BCUT2D eigenvalue weighted by Gasteiger charge is -2.19. The van der Waals surface area contributed by atoms with Crippen molar-refractivity contribution in [1.29, 1.82) is 0 Å². The van der Waals surface area contributed by atoms with E-state index in [9.17, 15) is 4.79 Å². The van der Waals surface area contributed by atoms with Crippen LogP contribution in [-0.4, -0.2) is 11.6 Å². The van der Waals surface area contributed by atoms with Crippen molar-refractivity contribution >= 4 is 30.2 Å². The molecule has 1 aromatic carbocycles. The van der Waals surface area contributed by atoms with E-state index in [1.165, 1.54) is 0 Å². The molecule has 0 spiro atoms. The predicted octanol–water partition coefficient (Wildman–Crippen LogP) is 3.58. The third-order valence-electron chi connectivity index (χ3n) is 1.58. The second kappa shape index (κ2) is 4.45. The molecule has 0 N–H and O–H groups in total. The van der Waals surface area contributed by atoms with Crippen LogP contribution in [0.5, 0.6) is 0 Å². The number of hydrogen-bond acceptors (Lipinski definition) is 3. The summed E-state index contributed by atoms with van der Waals surface area (Å²) in [5.74, 6) is -0.377. The van der Waals surface area contributed by atoms with Crippen LogP contribution >= 0.6 is 24.2 Å². The number of carbonyl (C=O) groups is 1. The summed E-state index contributed by atoms with van der Waals surface area (Å²) in [5, 5.41) is 0.446. The SMILES string of the molecule is CC(C)(C)OC(=O)c1ccc(S)c(Cl)c1. The van der Waals surface area contributed by atoms with Gasteiger partial charge in [-0.25, -0.2) is 4.79 Å². The highest BCUT2D eigenvalue weighted by molar-refractivity contribution is 7.80. The molecule has 0 fully saturated rings. The van der Waals surface area contributed by atoms with E-state index in [1.54, 1.807) is 18.2 Å². The molecule has 0 heterocycles. The molecule has 0 bridgehead atoms. The van der Waals surface area contributed by atoms with E-state index in [1.807, 2.05) is 20.8 Å². The summed E-state index contributed by atoms with van der Waals surface area (Å²) in [7, 11) is 0. The maximum atomic E-state index is 11.6. The monoisotopic (exact) mass is 244 g/mol. The Hall–Kier alpha value is -0.670. The summed E-state index contributed by atoms with van der Waals surface area (Å²) in [6.07, 6.45) is 0. The Morgan fingerprint density at radius 2 is 2.00 bits per heavy atom. The minimum atomic E-state index is -0.497. The topological polar surface area (TPSA) is 26.3 Å². The highest BCUT2D eigenvalue weighted by atomic mass is 35.5. The zero-order valence-electron chi connectivity index (χ0n) is 8.87. The number of carbonyl (C=O) groups excluding carboxylic acids is 1. The minimum Gasteiger partial charge on any atom is -0.456 e. The van der Waals surface area contributed by atoms with E-state index in [0.717, 1.165) is 0 Å². The van der Waals surface area contributed by atoms with Gasteiger partial charge in [0.15, 0.2) is 0 Å². The van der Waals surface area contributed by atoms with Crippen molar-refractivity contribution in [3.63, 3.8) is 0 Å². The van der Waals surface area contributed by atoms with Gasteiger partial charge in [0.1, 0.15) is 5.60 Å². The van der Waals surface area contributed by atoms with Gasteiger partial charge in [-0.1, -0.05) is 11.6 Å². The number of esters is 1. The number of ether oxygens (including phenoxy) is 1. The van der Waals surface area contributed by atoms with Crippen molar-refractivity contribution in [2.24, 2.45) is 0 Å². The molecule has 2 nitrogen and oxygen atoms in total. The molecular formula is C11H13ClO2S. The molecule has 0 atom stereocenters. The van der Waals surface area contributed by atoms with E-state index >= 15 is 0 Å². The Morgan fingerprint density at radius 3 is 2.47 bits per heavy atom. The lowest BCUT2D eigenvalue weighted by Crippen LogP contribution is -2.23. The van der Waals surface area contributed by atoms with Crippen LogP contribution < -0.4 is 0 Å². The van der Waals surface area contributed by atoms with Crippen molar-refractivity contribution in [1.82, 2.24) is 0 Å². The third-order valence-corrected chi connectivity index (χ3v) is 2.42. The van der Waals surface area contributed by atoms with Gasteiger partial charge < -0.3 is 4.74 Å². The molecule has 1 rings (SSSR count). The highest BCUT2D eigenvalue weighted by Crippen LogP contribution is 2.22.